The van der Waals surface area contributed by atoms with Crippen LogP contribution >= 0.6 is 67.9 Å². The minimum Gasteiger partial charge on any atom is -0.353 e. The Bertz CT molecular complexity index is 651. The molecule has 0 amide bonds. The number of hydrogen-bond donors (Lipinski definition) is 4. The van der Waals surface area contributed by atoms with Crippen molar-refractivity contribution in [2.24, 2.45) is 14.1 Å². The molecule has 0 radical (unpaired) electrons. The Morgan fingerprint density at radius 2 is 1.03 bits per heavy atom. The predicted octanol–water partition coefficient (Wildman–Crippen LogP) is 5.46. The molecular weight excluding hydrogens is 704 g/mol. The van der Waals surface area contributed by atoms with Crippen LogP contribution in [0.2, 0.25) is 0 Å². The summed E-state index contributed by atoms with van der Waals surface area (Å²) in [6, 6.07) is 9.63. The quantitative estimate of drug-likeness (QED) is 0.153. The largest absolute Gasteiger partial charge is 0.353 e. The van der Waals surface area contributed by atoms with Gasteiger partial charge in [0.15, 0.2) is 0 Å². The molecule has 0 fully saturated rings. The Labute approximate surface area is 256 Å². The van der Waals surface area contributed by atoms with Crippen molar-refractivity contribution in [1.29, 1.82) is 0 Å². The second-order valence-corrected chi connectivity index (χ2v) is 8.92. The fourth-order valence-electron chi connectivity index (χ4n) is 3.69. The van der Waals surface area contributed by atoms with Crippen molar-refractivity contribution in [3.8, 4) is 0 Å². The first-order valence-corrected chi connectivity index (χ1v) is 12.1. The lowest BCUT2D eigenvalue weighted by molar-refractivity contribution is 0.472. The zero-order chi connectivity index (χ0) is 22.3. The van der Waals surface area contributed by atoms with E-state index in [0.29, 0.717) is 12.1 Å². The Kier molecular flexibility index (Phi) is 28.0. The minimum absolute atomic E-state index is 0. The van der Waals surface area contributed by atoms with Crippen LogP contribution in [0.15, 0.2) is 36.7 Å². The molecule has 208 valence electrons. The highest BCUT2D eigenvalue weighted by Gasteiger charge is 2.04. The van der Waals surface area contributed by atoms with Gasteiger partial charge in [0.2, 0.25) is 0 Å². The molecule has 0 spiro atoms. The minimum atomic E-state index is 0. The number of hydrogen-bond acceptors (Lipinski definition) is 4. The molecule has 6 nitrogen and oxygen atoms in total. The number of aryl methyl sites for hydroxylation is 2. The topological polar surface area (TPSA) is 58.0 Å². The van der Waals surface area contributed by atoms with E-state index in [1.165, 1.54) is 43.5 Å². The molecule has 2 aromatic heterocycles. The standard InChI is InChI=1S/C25H46N6.4BrH/c1-22(28-20-24-10-8-18-30(24)3)12-16-26-14-6-5-7-15-27-17-13-23(2)29-21-25-11-9-19-31(25)4;;;;/h8-11,18-19,22-23,26-29H,5-7,12-17,20-21H2,1-4H3;4*1H. The van der Waals surface area contributed by atoms with Gasteiger partial charge >= 0.3 is 0 Å². The van der Waals surface area contributed by atoms with Crippen molar-refractivity contribution >= 4 is 67.9 Å². The molecule has 0 aliphatic heterocycles. The molecule has 0 aromatic carbocycles. The number of nitrogens with zero attached hydrogens (tertiary/aromatic N) is 2. The highest BCUT2D eigenvalue weighted by atomic mass is 79.9. The van der Waals surface area contributed by atoms with Gasteiger partial charge in [-0.05, 0) is 90.0 Å². The van der Waals surface area contributed by atoms with Crippen molar-refractivity contribution in [3.63, 3.8) is 0 Å². The van der Waals surface area contributed by atoms with E-state index in [-0.39, 0.29) is 67.9 Å². The fourth-order valence-corrected chi connectivity index (χ4v) is 3.69. The van der Waals surface area contributed by atoms with E-state index >= 15 is 0 Å². The molecule has 0 saturated carbocycles. The summed E-state index contributed by atoms with van der Waals surface area (Å²) < 4.78 is 4.35. The molecule has 35 heavy (non-hydrogen) atoms. The number of rotatable bonds is 18. The van der Waals surface area contributed by atoms with E-state index in [0.717, 1.165) is 39.3 Å². The molecule has 2 atom stereocenters. The van der Waals surface area contributed by atoms with Gasteiger partial charge < -0.3 is 30.4 Å². The van der Waals surface area contributed by atoms with Crippen LogP contribution in [0.4, 0.5) is 0 Å². The molecule has 2 aromatic rings. The maximum Gasteiger partial charge on any atom is 0.0361 e. The van der Waals surface area contributed by atoms with Gasteiger partial charge in [-0.15, -0.1) is 67.9 Å². The molecular formula is C25H50Br4N6. The van der Waals surface area contributed by atoms with Gasteiger partial charge in [0.05, 0.1) is 0 Å². The molecule has 2 heterocycles. The maximum absolute atomic E-state index is 3.61. The molecule has 2 unspecified atom stereocenters. The molecule has 0 aliphatic rings. The normalized spacial score (nSPS) is 12.0. The molecule has 0 saturated heterocycles. The second-order valence-electron chi connectivity index (χ2n) is 8.92. The summed E-state index contributed by atoms with van der Waals surface area (Å²) in [6.45, 7) is 10.9. The van der Waals surface area contributed by atoms with E-state index in [2.05, 4.69) is 95.0 Å². The summed E-state index contributed by atoms with van der Waals surface area (Å²) in [5.41, 5.74) is 2.68. The van der Waals surface area contributed by atoms with Crippen LogP contribution in [0, 0.1) is 0 Å². The fraction of sp³-hybridized carbons (Fsp3) is 0.680. The lowest BCUT2D eigenvalue weighted by Gasteiger charge is -2.15. The van der Waals surface area contributed by atoms with Crippen molar-refractivity contribution in [1.82, 2.24) is 30.4 Å². The van der Waals surface area contributed by atoms with Gasteiger partial charge in [-0.3, -0.25) is 0 Å². The SMILES string of the molecule is Br.Br.Br.Br.CC(CCNCCCCCNCCC(C)NCc1cccn1C)NCc1cccn1C. The summed E-state index contributed by atoms with van der Waals surface area (Å²) in [4.78, 5) is 0. The number of aromatic nitrogens is 2. The van der Waals surface area contributed by atoms with Gasteiger partial charge in [-0.1, -0.05) is 6.42 Å². The highest BCUT2D eigenvalue weighted by Crippen LogP contribution is 2.01. The zero-order valence-electron chi connectivity index (χ0n) is 21.9. The molecule has 0 aliphatic carbocycles. The number of unbranched alkanes of at least 4 members (excludes halogenated alkanes) is 2. The van der Waals surface area contributed by atoms with Crippen molar-refractivity contribution < 1.29 is 0 Å². The van der Waals surface area contributed by atoms with Crippen LogP contribution in [0.25, 0.3) is 0 Å². The summed E-state index contributed by atoms with van der Waals surface area (Å²) >= 11 is 0. The van der Waals surface area contributed by atoms with Crippen LogP contribution in [0.5, 0.6) is 0 Å². The molecule has 10 heteroatoms. The van der Waals surface area contributed by atoms with Gasteiger partial charge in [0.25, 0.3) is 0 Å². The Balaban J connectivity index is -0.00000256. The summed E-state index contributed by atoms with van der Waals surface area (Å²) in [6.07, 6.45) is 10.4. The van der Waals surface area contributed by atoms with Crippen LogP contribution in [-0.2, 0) is 27.2 Å². The summed E-state index contributed by atoms with van der Waals surface area (Å²) in [5.74, 6) is 0. The van der Waals surface area contributed by atoms with E-state index in [1.54, 1.807) is 0 Å². The highest BCUT2D eigenvalue weighted by molar-refractivity contribution is 8.93. The van der Waals surface area contributed by atoms with E-state index in [4.69, 9.17) is 0 Å². The summed E-state index contributed by atoms with van der Waals surface area (Å²) in [5, 5.41) is 14.4. The number of nitrogens with one attached hydrogen (secondary N) is 4. The van der Waals surface area contributed by atoms with Gasteiger partial charge in [0, 0.05) is 63.1 Å². The van der Waals surface area contributed by atoms with Crippen molar-refractivity contribution in [2.75, 3.05) is 26.2 Å². The van der Waals surface area contributed by atoms with Crippen LogP contribution in [0.3, 0.4) is 0 Å². The first-order valence-electron chi connectivity index (χ1n) is 12.1. The third kappa shape index (κ3) is 18.3. The van der Waals surface area contributed by atoms with Crippen LogP contribution < -0.4 is 21.3 Å². The van der Waals surface area contributed by atoms with E-state index in [9.17, 15) is 0 Å². The van der Waals surface area contributed by atoms with Crippen LogP contribution in [0.1, 0.15) is 57.3 Å². The van der Waals surface area contributed by atoms with E-state index in [1.807, 2.05) is 0 Å². The van der Waals surface area contributed by atoms with Gasteiger partial charge in [0.1, 0.15) is 0 Å². The smallest absolute Gasteiger partial charge is 0.0361 e. The maximum atomic E-state index is 3.61. The average molecular weight is 754 g/mol. The predicted molar refractivity (Wildman–Crippen MR) is 174 cm³/mol. The first-order chi connectivity index (χ1) is 15.1. The Morgan fingerprint density at radius 1 is 0.629 bits per heavy atom. The van der Waals surface area contributed by atoms with Crippen molar-refractivity contribution in [2.45, 2.75) is 71.1 Å². The zero-order valence-corrected chi connectivity index (χ0v) is 28.8. The Morgan fingerprint density at radius 3 is 1.37 bits per heavy atom. The first kappa shape index (κ1) is 39.8. The lowest BCUT2D eigenvalue weighted by Crippen LogP contribution is -2.30. The van der Waals surface area contributed by atoms with Gasteiger partial charge in [-0.25, -0.2) is 0 Å². The van der Waals surface area contributed by atoms with Crippen LogP contribution in [-0.4, -0.2) is 47.4 Å². The van der Waals surface area contributed by atoms with Gasteiger partial charge in [-0.2, -0.15) is 0 Å². The van der Waals surface area contributed by atoms with Crippen molar-refractivity contribution in [3.05, 3.63) is 48.0 Å². The molecule has 4 N–H and O–H groups in total. The Hall–Kier alpha value is 0.320. The summed E-state index contributed by atoms with van der Waals surface area (Å²) in [7, 11) is 4.20. The molecule has 2 rings (SSSR count). The van der Waals surface area contributed by atoms with E-state index < -0.39 is 0 Å². The third-order valence-corrected chi connectivity index (χ3v) is 6.08. The second kappa shape index (κ2) is 24.6. The lowest BCUT2D eigenvalue weighted by atomic mass is 10.2. The monoisotopic (exact) mass is 750 g/mol. The molecule has 0 bridgehead atoms. The average Bonchev–Trinajstić information content (AvgIpc) is 3.36. The number of halogens is 4. The third-order valence-electron chi connectivity index (χ3n) is 6.08.